The standard InChI is InChI=1S/C15H23ClN2S/c1-12(13-8-14(16)19-9-13)18-7-3-5-15(11-18)4-2-6-17-10-15/h8-9,12,17H,2-7,10-11H2,1H3. The Balaban J connectivity index is 1.70. The lowest BCUT2D eigenvalue weighted by molar-refractivity contribution is 0.0417. The van der Waals surface area contributed by atoms with Gasteiger partial charge in [-0.05, 0) is 68.1 Å². The minimum atomic E-state index is 0.503. The monoisotopic (exact) mass is 298 g/mol. The van der Waals surface area contributed by atoms with E-state index in [9.17, 15) is 0 Å². The van der Waals surface area contributed by atoms with Crippen LogP contribution in [0.1, 0.15) is 44.2 Å². The molecule has 3 heterocycles. The molecule has 2 fully saturated rings. The van der Waals surface area contributed by atoms with Gasteiger partial charge in [0, 0.05) is 19.1 Å². The number of hydrogen-bond donors (Lipinski definition) is 1. The first-order chi connectivity index (χ1) is 9.19. The highest BCUT2D eigenvalue weighted by Crippen LogP contribution is 2.39. The molecule has 19 heavy (non-hydrogen) atoms. The predicted octanol–water partition coefficient (Wildman–Crippen LogP) is 3.93. The minimum absolute atomic E-state index is 0.503. The highest BCUT2D eigenvalue weighted by molar-refractivity contribution is 7.14. The Morgan fingerprint density at radius 1 is 1.42 bits per heavy atom. The van der Waals surface area contributed by atoms with E-state index in [-0.39, 0.29) is 0 Å². The quantitative estimate of drug-likeness (QED) is 0.890. The van der Waals surface area contributed by atoms with Gasteiger partial charge in [-0.2, -0.15) is 0 Å². The van der Waals surface area contributed by atoms with Crippen LogP contribution in [0.5, 0.6) is 0 Å². The van der Waals surface area contributed by atoms with Gasteiger partial charge in [0.25, 0.3) is 0 Å². The van der Waals surface area contributed by atoms with Gasteiger partial charge in [-0.1, -0.05) is 11.6 Å². The van der Waals surface area contributed by atoms with Gasteiger partial charge in [0.2, 0.25) is 0 Å². The maximum atomic E-state index is 6.08. The molecule has 1 aromatic rings. The molecule has 1 spiro atoms. The van der Waals surface area contributed by atoms with Crippen LogP contribution in [0.15, 0.2) is 11.4 Å². The third-order valence-corrected chi connectivity index (χ3v) is 5.98. The Morgan fingerprint density at radius 3 is 2.95 bits per heavy atom. The summed E-state index contributed by atoms with van der Waals surface area (Å²) in [6, 6.07) is 2.64. The maximum Gasteiger partial charge on any atom is 0.0931 e. The molecular weight excluding hydrogens is 276 g/mol. The summed E-state index contributed by atoms with van der Waals surface area (Å²) < 4.78 is 0.910. The number of piperidine rings is 2. The number of hydrogen-bond acceptors (Lipinski definition) is 3. The van der Waals surface area contributed by atoms with Crippen LogP contribution in [0.4, 0.5) is 0 Å². The topological polar surface area (TPSA) is 15.3 Å². The van der Waals surface area contributed by atoms with Crippen molar-refractivity contribution in [3.05, 3.63) is 21.3 Å². The van der Waals surface area contributed by atoms with E-state index in [1.54, 1.807) is 11.3 Å². The van der Waals surface area contributed by atoms with Gasteiger partial charge in [0.1, 0.15) is 0 Å². The summed E-state index contributed by atoms with van der Waals surface area (Å²) >= 11 is 7.73. The third kappa shape index (κ3) is 2.99. The largest absolute Gasteiger partial charge is 0.316 e. The van der Waals surface area contributed by atoms with E-state index in [1.165, 1.54) is 57.4 Å². The molecule has 4 heteroatoms. The molecule has 2 nitrogen and oxygen atoms in total. The van der Waals surface area contributed by atoms with Crippen molar-refractivity contribution in [2.24, 2.45) is 5.41 Å². The molecule has 106 valence electrons. The molecule has 0 aliphatic carbocycles. The van der Waals surface area contributed by atoms with Crippen molar-refractivity contribution in [1.82, 2.24) is 10.2 Å². The fraction of sp³-hybridized carbons (Fsp3) is 0.733. The molecule has 1 N–H and O–H groups in total. The lowest BCUT2D eigenvalue weighted by atomic mass is 9.74. The Hall–Kier alpha value is -0.0900. The Bertz CT molecular complexity index is 420. The van der Waals surface area contributed by atoms with Gasteiger partial charge < -0.3 is 5.32 Å². The predicted molar refractivity (Wildman–Crippen MR) is 83.1 cm³/mol. The van der Waals surface area contributed by atoms with Crippen molar-refractivity contribution in [3.63, 3.8) is 0 Å². The summed E-state index contributed by atoms with van der Waals surface area (Å²) in [5.74, 6) is 0. The molecule has 0 bridgehead atoms. The molecule has 0 radical (unpaired) electrons. The second-order valence-electron chi connectivity index (χ2n) is 6.21. The van der Waals surface area contributed by atoms with Crippen LogP contribution in [0.2, 0.25) is 4.34 Å². The zero-order valence-electron chi connectivity index (χ0n) is 11.6. The summed E-state index contributed by atoms with van der Waals surface area (Å²) in [5.41, 5.74) is 1.92. The molecule has 2 atom stereocenters. The van der Waals surface area contributed by atoms with Gasteiger partial charge >= 0.3 is 0 Å². The maximum absolute atomic E-state index is 6.08. The number of likely N-dealkylation sites (tertiary alicyclic amines) is 1. The van der Waals surface area contributed by atoms with Gasteiger partial charge in [-0.3, -0.25) is 4.90 Å². The molecule has 2 saturated heterocycles. The van der Waals surface area contributed by atoms with Crippen LogP contribution in [-0.2, 0) is 0 Å². The van der Waals surface area contributed by atoms with E-state index in [1.807, 2.05) is 0 Å². The summed E-state index contributed by atoms with van der Waals surface area (Å²) in [6.07, 6.45) is 5.47. The molecule has 0 saturated carbocycles. The molecule has 0 amide bonds. The first-order valence-electron chi connectivity index (χ1n) is 7.37. The van der Waals surface area contributed by atoms with Crippen LogP contribution in [0.3, 0.4) is 0 Å². The molecule has 3 rings (SSSR count). The summed E-state index contributed by atoms with van der Waals surface area (Å²) in [6.45, 7) is 7.22. The average molecular weight is 299 g/mol. The Labute approximate surface area is 125 Å². The van der Waals surface area contributed by atoms with Crippen LogP contribution >= 0.6 is 22.9 Å². The van der Waals surface area contributed by atoms with E-state index in [2.05, 4.69) is 28.6 Å². The highest BCUT2D eigenvalue weighted by Gasteiger charge is 2.37. The SMILES string of the molecule is CC(c1csc(Cl)c1)N1CCCC2(CCCNC2)C1. The molecule has 2 aliphatic heterocycles. The number of nitrogens with one attached hydrogen (secondary N) is 1. The first-order valence-corrected chi connectivity index (χ1v) is 8.63. The third-order valence-electron chi connectivity index (χ3n) is 4.87. The number of nitrogens with zero attached hydrogens (tertiary/aromatic N) is 1. The fourth-order valence-corrected chi connectivity index (χ4v) is 4.69. The van der Waals surface area contributed by atoms with E-state index >= 15 is 0 Å². The zero-order chi connectivity index (χ0) is 13.3. The van der Waals surface area contributed by atoms with Crippen molar-refractivity contribution in [1.29, 1.82) is 0 Å². The van der Waals surface area contributed by atoms with Gasteiger partial charge in [-0.15, -0.1) is 11.3 Å². The summed E-state index contributed by atoms with van der Waals surface area (Å²) in [4.78, 5) is 2.66. The molecular formula is C15H23ClN2S. The van der Waals surface area contributed by atoms with Crippen molar-refractivity contribution >= 4 is 22.9 Å². The van der Waals surface area contributed by atoms with Gasteiger partial charge in [0.15, 0.2) is 0 Å². The van der Waals surface area contributed by atoms with Crippen molar-refractivity contribution < 1.29 is 0 Å². The van der Waals surface area contributed by atoms with Crippen LogP contribution in [-0.4, -0.2) is 31.1 Å². The van der Waals surface area contributed by atoms with Crippen molar-refractivity contribution in [3.8, 4) is 0 Å². The Morgan fingerprint density at radius 2 is 2.26 bits per heavy atom. The van der Waals surface area contributed by atoms with Crippen molar-refractivity contribution in [2.75, 3.05) is 26.2 Å². The summed E-state index contributed by atoms with van der Waals surface area (Å²) in [5, 5.41) is 5.82. The Kier molecular flexibility index (Phi) is 4.18. The molecule has 2 aliphatic rings. The summed E-state index contributed by atoms with van der Waals surface area (Å²) in [7, 11) is 0. The molecule has 2 unspecified atom stereocenters. The van der Waals surface area contributed by atoms with Gasteiger partial charge in [0.05, 0.1) is 4.34 Å². The number of rotatable bonds is 2. The lowest BCUT2D eigenvalue weighted by Gasteiger charge is -2.47. The zero-order valence-corrected chi connectivity index (χ0v) is 13.2. The first kappa shape index (κ1) is 13.9. The smallest absolute Gasteiger partial charge is 0.0931 e. The lowest BCUT2D eigenvalue weighted by Crippen LogP contribution is -2.51. The fourth-order valence-electron chi connectivity index (χ4n) is 3.71. The van der Waals surface area contributed by atoms with E-state index < -0.39 is 0 Å². The number of thiophene rings is 1. The van der Waals surface area contributed by atoms with E-state index in [0.717, 1.165) is 4.34 Å². The second-order valence-corrected chi connectivity index (χ2v) is 7.76. The highest BCUT2D eigenvalue weighted by atomic mass is 35.5. The van der Waals surface area contributed by atoms with Crippen LogP contribution < -0.4 is 5.32 Å². The van der Waals surface area contributed by atoms with Crippen LogP contribution in [0.25, 0.3) is 0 Å². The second kappa shape index (κ2) is 5.72. The molecule has 1 aromatic heterocycles. The normalized spacial score (nSPS) is 30.6. The minimum Gasteiger partial charge on any atom is -0.316 e. The van der Waals surface area contributed by atoms with Gasteiger partial charge in [-0.25, -0.2) is 0 Å². The van der Waals surface area contributed by atoms with E-state index in [0.29, 0.717) is 11.5 Å². The van der Waals surface area contributed by atoms with E-state index in [4.69, 9.17) is 11.6 Å². The molecule has 0 aromatic carbocycles. The van der Waals surface area contributed by atoms with Crippen molar-refractivity contribution in [2.45, 2.75) is 38.6 Å². The van der Waals surface area contributed by atoms with Crippen LogP contribution in [0, 0.1) is 5.41 Å². The number of halogens is 1. The average Bonchev–Trinajstić information content (AvgIpc) is 2.85.